The van der Waals surface area contributed by atoms with E-state index in [-0.39, 0.29) is 17.1 Å². The van der Waals surface area contributed by atoms with Gasteiger partial charge in [-0.1, -0.05) is 22.9 Å². The number of aromatic nitrogens is 3. The maximum atomic E-state index is 13.1. The van der Waals surface area contributed by atoms with Crippen LogP contribution in [0.4, 0.5) is 5.69 Å². The molecule has 2 heterocycles. The molecule has 12 heteroatoms. The number of hydrogen-bond donors (Lipinski definition) is 0. The lowest BCUT2D eigenvalue weighted by Crippen LogP contribution is -2.22. The first-order valence-electron chi connectivity index (χ1n) is 10.2. The average molecular weight is 603 g/mol. The smallest absolute Gasteiger partial charge is 0.287 e. The lowest BCUT2D eigenvalue weighted by Gasteiger charge is -2.12. The largest absolute Gasteiger partial charge is 0.493 e. The van der Waals surface area contributed by atoms with Gasteiger partial charge in [-0.25, -0.2) is 9.97 Å². The number of rotatable bonds is 7. The monoisotopic (exact) mass is 601 g/mol. The SMILES string of the molecule is CCc1nc2ccc(Br)cc2c(=O)n1N=Cc1cc(Br)c(Oc2ccc([N+](=O)[O-])cn2)c(OC)c1. The number of methoxy groups -OCH3 is 1. The van der Waals surface area contributed by atoms with Crippen LogP contribution < -0.4 is 15.0 Å². The van der Waals surface area contributed by atoms with Crippen LogP contribution in [-0.4, -0.2) is 32.9 Å². The molecule has 2 aromatic heterocycles. The van der Waals surface area contributed by atoms with Crippen molar-refractivity contribution in [2.45, 2.75) is 13.3 Å². The quantitative estimate of drug-likeness (QED) is 0.156. The van der Waals surface area contributed by atoms with E-state index in [2.05, 4.69) is 46.9 Å². The zero-order valence-corrected chi connectivity index (χ0v) is 21.6. The molecule has 4 rings (SSSR count). The van der Waals surface area contributed by atoms with Crippen molar-refractivity contribution in [2.24, 2.45) is 5.10 Å². The Kier molecular flexibility index (Phi) is 7.22. The van der Waals surface area contributed by atoms with E-state index in [1.165, 1.54) is 30.1 Å². The number of benzene rings is 2. The Balaban J connectivity index is 1.69. The van der Waals surface area contributed by atoms with Gasteiger partial charge in [-0.3, -0.25) is 14.9 Å². The van der Waals surface area contributed by atoms with E-state index in [9.17, 15) is 14.9 Å². The van der Waals surface area contributed by atoms with Crippen molar-refractivity contribution < 1.29 is 14.4 Å². The minimum absolute atomic E-state index is 0.146. The fourth-order valence-corrected chi connectivity index (χ4v) is 4.13. The summed E-state index contributed by atoms with van der Waals surface area (Å²) in [6.07, 6.45) is 3.14. The Morgan fingerprint density at radius 2 is 2.00 bits per heavy atom. The number of nitro groups is 1. The summed E-state index contributed by atoms with van der Waals surface area (Å²) in [5, 5.41) is 15.7. The molecule has 0 aliphatic rings. The summed E-state index contributed by atoms with van der Waals surface area (Å²) in [7, 11) is 1.48. The third-order valence-electron chi connectivity index (χ3n) is 4.90. The van der Waals surface area contributed by atoms with Gasteiger partial charge in [0.1, 0.15) is 12.0 Å². The van der Waals surface area contributed by atoms with E-state index in [0.29, 0.717) is 44.7 Å². The minimum Gasteiger partial charge on any atom is -0.493 e. The van der Waals surface area contributed by atoms with Gasteiger partial charge in [-0.15, -0.1) is 0 Å². The van der Waals surface area contributed by atoms with Crippen LogP contribution in [-0.2, 0) is 6.42 Å². The predicted molar refractivity (Wildman–Crippen MR) is 138 cm³/mol. The molecule has 0 bridgehead atoms. The van der Waals surface area contributed by atoms with Crippen molar-refractivity contribution in [3.05, 3.63) is 89.5 Å². The Morgan fingerprint density at radius 1 is 1.20 bits per heavy atom. The van der Waals surface area contributed by atoms with E-state index >= 15 is 0 Å². The second kappa shape index (κ2) is 10.3. The topological polar surface area (TPSA) is 122 Å². The molecule has 4 aromatic rings. The molecule has 0 aliphatic heterocycles. The van der Waals surface area contributed by atoms with Crippen LogP contribution >= 0.6 is 31.9 Å². The summed E-state index contributed by atoms with van der Waals surface area (Å²) in [5.74, 6) is 1.37. The summed E-state index contributed by atoms with van der Waals surface area (Å²) >= 11 is 6.84. The van der Waals surface area contributed by atoms with Gasteiger partial charge in [0, 0.05) is 23.0 Å². The molecule has 178 valence electrons. The molecular weight excluding hydrogens is 586 g/mol. The van der Waals surface area contributed by atoms with Crippen molar-refractivity contribution in [3.63, 3.8) is 0 Å². The number of aryl methyl sites for hydroxylation is 1. The molecule has 0 radical (unpaired) electrons. The molecule has 0 atom stereocenters. The predicted octanol–water partition coefficient (Wildman–Crippen LogP) is 5.47. The van der Waals surface area contributed by atoms with Crippen LogP contribution in [0.2, 0.25) is 0 Å². The van der Waals surface area contributed by atoms with Crippen molar-refractivity contribution in [2.75, 3.05) is 7.11 Å². The third-order valence-corrected chi connectivity index (χ3v) is 5.99. The van der Waals surface area contributed by atoms with Crippen molar-refractivity contribution in [3.8, 4) is 17.4 Å². The molecule has 0 spiro atoms. The zero-order chi connectivity index (χ0) is 25.1. The summed E-state index contributed by atoms with van der Waals surface area (Å²) in [6, 6.07) is 11.4. The van der Waals surface area contributed by atoms with Crippen LogP contribution in [0.3, 0.4) is 0 Å². The van der Waals surface area contributed by atoms with Crippen LogP contribution in [0, 0.1) is 10.1 Å². The van der Waals surface area contributed by atoms with Crippen LogP contribution in [0.1, 0.15) is 18.3 Å². The third kappa shape index (κ3) is 5.23. The van der Waals surface area contributed by atoms with Crippen LogP contribution in [0.25, 0.3) is 10.9 Å². The maximum Gasteiger partial charge on any atom is 0.287 e. The summed E-state index contributed by atoms with van der Waals surface area (Å²) in [4.78, 5) is 31.9. The summed E-state index contributed by atoms with van der Waals surface area (Å²) in [5.41, 5.74) is 0.806. The minimum atomic E-state index is -0.541. The van der Waals surface area contributed by atoms with E-state index in [1.54, 1.807) is 24.3 Å². The fraction of sp³-hybridized carbons (Fsp3) is 0.130. The van der Waals surface area contributed by atoms with E-state index < -0.39 is 4.92 Å². The number of ether oxygens (including phenoxy) is 2. The highest BCUT2D eigenvalue weighted by Crippen LogP contribution is 2.39. The zero-order valence-electron chi connectivity index (χ0n) is 18.4. The normalized spacial score (nSPS) is 11.2. The van der Waals surface area contributed by atoms with E-state index in [4.69, 9.17) is 9.47 Å². The molecular formula is C23H17Br2N5O5. The highest BCUT2D eigenvalue weighted by atomic mass is 79.9. The number of halogens is 2. The van der Waals surface area contributed by atoms with E-state index in [1.807, 2.05) is 13.0 Å². The van der Waals surface area contributed by atoms with Crippen molar-refractivity contribution >= 4 is 54.7 Å². The van der Waals surface area contributed by atoms with Gasteiger partial charge in [-0.05, 0) is 51.8 Å². The first-order valence-corrected chi connectivity index (χ1v) is 11.8. The molecule has 35 heavy (non-hydrogen) atoms. The Bertz CT molecular complexity index is 1520. The lowest BCUT2D eigenvalue weighted by atomic mass is 10.2. The van der Waals surface area contributed by atoms with Gasteiger partial charge in [0.25, 0.3) is 11.2 Å². The van der Waals surface area contributed by atoms with Crippen molar-refractivity contribution in [1.82, 2.24) is 14.6 Å². The second-order valence-electron chi connectivity index (χ2n) is 7.15. The van der Waals surface area contributed by atoms with Gasteiger partial charge < -0.3 is 9.47 Å². The molecule has 0 fully saturated rings. The number of hydrogen-bond acceptors (Lipinski definition) is 8. The molecule has 10 nitrogen and oxygen atoms in total. The maximum absolute atomic E-state index is 13.1. The Morgan fingerprint density at radius 3 is 2.66 bits per heavy atom. The molecule has 0 aliphatic carbocycles. The van der Waals surface area contributed by atoms with Gasteiger partial charge in [-0.2, -0.15) is 9.78 Å². The van der Waals surface area contributed by atoms with Gasteiger partial charge in [0.2, 0.25) is 5.88 Å². The van der Waals surface area contributed by atoms with Gasteiger partial charge >= 0.3 is 0 Å². The highest BCUT2D eigenvalue weighted by molar-refractivity contribution is 9.10. The molecule has 0 N–H and O–H groups in total. The summed E-state index contributed by atoms with van der Waals surface area (Å²) in [6.45, 7) is 1.90. The molecule has 0 saturated heterocycles. The lowest BCUT2D eigenvalue weighted by molar-refractivity contribution is -0.385. The second-order valence-corrected chi connectivity index (χ2v) is 8.92. The number of pyridine rings is 1. The Labute approximate surface area is 215 Å². The average Bonchev–Trinajstić information content (AvgIpc) is 2.85. The van der Waals surface area contributed by atoms with Crippen molar-refractivity contribution in [1.29, 1.82) is 0 Å². The fourth-order valence-electron chi connectivity index (χ4n) is 3.23. The van der Waals surface area contributed by atoms with Crippen LogP contribution in [0.15, 0.2) is 67.5 Å². The molecule has 0 amide bonds. The van der Waals surface area contributed by atoms with Gasteiger partial charge in [0.15, 0.2) is 11.5 Å². The first kappa shape index (κ1) is 24.5. The van der Waals surface area contributed by atoms with Crippen LogP contribution in [0.5, 0.6) is 17.4 Å². The van der Waals surface area contributed by atoms with Gasteiger partial charge in [0.05, 0.1) is 33.6 Å². The van der Waals surface area contributed by atoms with E-state index in [0.717, 1.165) is 10.7 Å². The molecule has 0 saturated carbocycles. The summed E-state index contributed by atoms with van der Waals surface area (Å²) < 4.78 is 13.8. The molecule has 2 aromatic carbocycles. The Hall–Kier alpha value is -3.64. The first-order chi connectivity index (χ1) is 16.8. The number of fused-ring (bicyclic) bond motifs is 1. The number of nitrogens with zero attached hydrogens (tertiary/aromatic N) is 5. The highest BCUT2D eigenvalue weighted by Gasteiger charge is 2.15. The standard InChI is InChI=1S/C23H17Br2N5O5/c1-3-20-28-18-6-4-14(24)10-16(18)23(31)29(20)27-11-13-8-17(25)22(19(9-13)34-2)35-21-7-5-15(12-26-21)30(32)33/h4-12H,3H2,1-2H3. The molecule has 0 unspecified atom stereocenters.